The number of carbonyl (C=O) groups is 2. The zero-order valence-electron chi connectivity index (χ0n) is 12.3. The van der Waals surface area contributed by atoms with Crippen LogP contribution in [0.1, 0.15) is 30.9 Å². The van der Waals surface area contributed by atoms with Crippen molar-refractivity contribution in [3.05, 3.63) is 58.6 Å². The van der Waals surface area contributed by atoms with Crippen molar-refractivity contribution in [2.75, 3.05) is 0 Å². The van der Waals surface area contributed by atoms with E-state index in [9.17, 15) is 9.59 Å². The third kappa shape index (κ3) is 2.42. The second-order valence-corrected chi connectivity index (χ2v) is 5.94. The number of para-hydroxylation sites is 1. The molecule has 0 spiro atoms. The van der Waals surface area contributed by atoms with Crippen LogP contribution in [0.5, 0.6) is 11.5 Å². The molecule has 0 saturated carbocycles. The Morgan fingerprint density at radius 2 is 1.64 bits per heavy atom. The molecule has 0 radical (unpaired) electrons. The van der Waals surface area contributed by atoms with Crippen molar-refractivity contribution in [1.82, 2.24) is 0 Å². The van der Waals surface area contributed by atoms with Crippen molar-refractivity contribution in [3.63, 3.8) is 0 Å². The summed E-state index contributed by atoms with van der Waals surface area (Å²) < 4.78 is 5.89. The number of hydrogen-bond acceptors (Lipinski definition) is 3. The molecule has 1 aliphatic rings. The summed E-state index contributed by atoms with van der Waals surface area (Å²) in [5.74, 6) is -0.0911. The first-order valence-electron chi connectivity index (χ1n) is 7.06. The van der Waals surface area contributed by atoms with Gasteiger partial charge in [-0.3, -0.25) is 9.59 Å². The van der Waals surface area contributed by atoms with Gasteiger partial charge in [0.1, 0.15) is 23.1 Å². The highest BCUT2D eigenvalue weighted by Crippen LogP contribution is 2.48. The molecule has 2 aromatic rings. The largest absolute Gasteiger partial charge is 0.457 e. The number of hydrogen-bond donors (Lipinski definition) is 0. The number of benzene rings is 2. The molecule has 0 fully saturated rings. The Morgan fingerprint density at radius 3 is 2.32 bits per heavy atom. The van der Waals surface area contributed by atoms with E-state index in [0.29, 0.717) is 16.5 Å². The van der Waals surface area contributed by atoms with E-state index < -0.39 is 5.92 Å². The van der Waals surface area contributed by atoms with Gasteiger partial charge in [0.2, 0.25) is 0 Å². The molecule has 0 N–H and O–H groups in total. The third-order valence-electron chi connectivity index (χ3n) is 3.99. The summed E-state index contributed by atoms with van der Waals surface area (Å²) in [4.78, 5) is 24.2. The summed E-state index contributed by atoms with van der Waals surface area (Å²) in [5.41, 5.74) is 1.62. The van der Waals surface area contributed by atoms with Gasteiger partial charge in [0.25, 0.3) is 0 Å². The van der Waals surface area contributed by atoms with Gasteiger partial charge in [-0.2, -0.15) is 0 Å². The van der Waals surface area contributed by atoms with Crippen molar-refractivity contribution < 1.29 is 14.3 Å². The van der Waals surface area contributed by atoms with Crippen LogP contribution in [0.15, 0.2) is 42.5 Å². The average molecular weight is 315 g/mol. The summed E-state index contributed by atoms with van der Waals surface area (Å²) in [5, 5.41) is 0.553. The standard InChI is InChI=1S/C18H15ClO3/c1-10(20)17(11(2)21)18-13-5-3-4-6-15(13)22-16-8-7-12(19)9-14(16)18/h3-9,17-18H,1-2H3/t18-/m0/s1. The summed E-state index contributed by atoms with van der Waals surface area (Å²) in [6.45, 7) is 2.91. The molecule has 3 rings (SSSR count). The van der Waals surface area contributed by atoms with E-state index in [1.165, 1.54) is 13.8 Å². The molecular formula is C18H15ClO3. The number of carbonyl (C=O) groups excluding carboxylic acids is 2. The number of ether oxygens (including phenoxy) is 1. The monoisotopic (exact) mass is 314 g/mol. The molecule has 1 heterocycles. The Morgan fingerprint density at radius 1 is 1.00 bits per heavy atom. The van der Waals surface area contributed by atoms with E-state index in [-0.39, 0.29) is 17.5 Å². The van der Waals surface area contributed by atoms with Gasteiger partial charge in [-0.25, -0.2) is 0 Å². The summed E-state index contributed by atoms with van der Waals surface area (Å²) in [6.07, 6.45) is 0. The Balaban J connectivity index is 2.25. The van der Waals surface area contributed by atoms with E-state index in [2.05, 4.69) is 0 Å². The lowest BCUT2D eigenvalue weighted by atomic mass is 9.75. The summed E-state index contributed by atoms with van der Waals surface area (Å²) in [7, 11) is 0. The molecular weight excluding hydrogens is 300 g/mol. The molecule has 3 nitrogen and oxygen atoms in total. The molecule has 0 bridgehead atoms. The fourth-order valence-corrected chi connectivity index (χ4v) is 3.27. The third-order valence-corrected chi connectivity index (χ3v) is 4.23. The van der Waals surface area contributed by atoms with Crippen LogP contribution < -0.4 is 4.74 Å². The van der Waals surface area contributed by atoms with Crippen molar-refractivity contribution in [1.29, 1.82) is 0 Å². The second kappa shape index (κ2) is 5.58. The predicted molar refractivity (Wildman–Crippen MR) is 84.7 cm³/mol. The highest BCUT2D eigenvalue weighted by Gasteiger charge is 2.38. The van der Waals surface area contributed by atoms with Crippen molar-refractivity contribution in [2.45, 2.75) is 19.8 Å². The van der Waals surface area contributed by atoms with Crippen molar-refractivity contribution in [3.8, 4) is 11.5 Å². The first-order chi connectivity index (χ1) is 10.5. The molecule has 0 aromatic heterocycles. The van der Waals surface area contributed by atoms with Gasteiger partial charge in [0.05, 0.1) is 5.92 Å². The minimum Gasteiger partial charge on any atom is -0.457 e. The van der Waals surface area contributed by atoms with Gasteiger partial charge in [-0.1, -0.05) is 29.8 Å². The predicted octanol–water partition coefficient (Wildman–Crippen LogP) is 4.37. The van der Waals surface area contributed by atoms with Gasteiger partial charge < -0.3 is 4.74 Å². The molecule has 0 amide bonds. The number of Topliss-reactive ketones (excluding diaryl/α,β-unsaturated/α-hetero) is 2. The molecule has 0 saturated heterocycles. The van der Waals surface area contributed by atoms with Crippen LogP contribution in [0.25, 0.3) is 0 Å². The molecule has 0 aliphatic carbocycles. The molecule has 2 aromatic carbocycles. The lowest BCUT2D eigenvalue weighted by Gasteiger charge is -2.31. The quantitative estimate of drug-likeness (QED) is 0.790. The Labute approximate surface area is 133 Å². The van der Waals surface area contributed by atoms with Crippen LogP contribution in [-0.2, 0) is 9.59 Å². The average Bonchev–Trinajstić information content (AvgIpc) is 2.46. The maximum atomic E-state index is 12.1. The number of rotatable bonds is 3. The second-order valence-electron chi connectivity index (χ2n) is 5.50. The first-order valence-corrected chi connectivity index (χ1v) is 7.44. The van der Waals surface area contributed by atoms with Crippen LogP contribution in [-0.4, -0.2) is 11.6 Å². The van der Waals surface area contributed by atoms with Gasteiger partial charge in [0.15, 0.2) is 0 Å². The number of fused-ring (bicyclic) bond motifs is 2. The fraction of sp³-hybridized carbons (Fsp3) is 0.222. The maximum Gasteiger partial charge on any atom is 0.141 e. The van der Waals surface area contributed by atoms with Crippen molar-refractivity contribution >= 4 is 23.2 Å². The summed E-state index contributed by atoms with van der Waals surface area (Å²) in [6, 6.07) is 12.8. The number of halogens is 1. The van der Waals surface area contributed by atoms with E-state index in [4.69, 9.17) is 16.3 Å². The van der Waals surface area contributed by atoms with Crippen LogP contribution in [0.3, 0.4) is 0 Å². The molecule has 22 heavy (non-hydrogen) atoms. The van der Waals surface area contributed by atoms with Gasteiger partial charge >= 0.3 is 0 Å². The number of ketones is 2. The van der Waals surface area contributed by atoms with E-state index >= 15 is 0 Å². The Hall–Kier alpha value is -2.13. The normalized spacial score (nSPS) is 15.7. The summed E-state index contributed by atoms with van der Waals surface area (Å²) >= 11 is 6.11. The lowest BCUT2D eigenvalue weighted by molar-refractivity contribution is -0.130. The maximum absolute atomic E-state index is 12.1. The Kier molecular flexibility index (Phi) is 3.75. The molecule has 4 heteroatoms. The molecule has 112 valence electrons. The van der Waals surface area contributed by atoms with Crippen LogP contribution in [0, 0.1) is 5.92 Å². The minimum atomic E-state index is -0.734. The van der Waals surface area contributed by atoms with E-state index in [1.54, 1.807) is 18.2 Å². The van der Waals surface area contributed by atoms with Crippen LogP contribution in [0.2, 0.25) is 5.02 Å². The fourth-order valence-electron chi connectivity index (χ4n) is 3.09. The zero-order valence-corrected chi connectivity index (χ0v) is 13.1. The van der Waals surface area contributed by atoms with Gasteiger partial charge in [-0.15, -0.1) is 0 Å². The molecule has 1 atom stereocenters. The smallest absolute Gasteiger partial charge is 0.141 e. The minimum absolute atomic E-state index is 0.153. The van der Waals surface area contributed by atoms with Gasteiger partial charge in [0, 0.05) is 22.1 Å². The molecule has 1 aliphatic heterocycles. The van der Waals surface area contributed by atoms with Crippen molar-refractivity contribution in [2.24, 2.45) is 5.92 Å². The van der Waals surface area contributed by atoms with Crippen LogP contribution >= 0.6 is 11.6 Å². The Bertz CT molecular complexity index is 753. The van der Waals surface area contributed by atoms with E-state index in [0.717, 1.165) is 11.1 Å². The lowest BCUT2D eigenvalue weighted by Crippen LogP contribution is -2.29. The van der Waals surface area contributed by atoms with Gasteiger partial charge in [-0.05, 0) is 38.1 Å². The zero-order chi connectivity index (χ0) is 15.9. The molecule has 0 unspecified atom stereocenters. The van der Waals surface area contributed by atoms with E-state index in [1.807, 2.05) is 24.3 Å². The highest BCUT2D eigenvalue weighted by atomic mass is 35.5. The SMILES string of the molecule is CC(=O)C(C(C)=O)[C@H]1c2ccccc2Oc2ccc(Cl)cc21. The topological polar surface area (TPSA) is 43.4 Å². The highest BCUT2D eigenvalue weighted by molar-refractivity contribution is 6.30. The first kappa shape index (κ1) is 14.8. The van der Waals surface area contributed by atoms with Crippen LogP contribution in [0.4, 0.5) is 0 Å².